The molecular weight excluding hydrogens is 444 g/mol. The molecule has 0 spiro atoms. The first-order valence-corrected chi connectivity index (χ1v) is 12.1. The van der Waals surface area contributed by atoms with Gasteiger partial charge < -0.3 is 14.5 Å². The van der Waals surface area contributed by atoms with Crippen molar-refractivity contribution in [1.29, 1.82) is 0 Å². The number of fused-ring (bicyclic) bond motifs is 1. The fourth-order valence-corrected chi connectivity index (χ4v) is 4.32. The molecule has 3 heterocycles. The van der Waals surface area contributed by atoms with Crippen LogP contribution in [-0.4, -0.2) is 74.2 Å². The number of piperazine rings is 1. The first kappa shape index (κ1) is 24.6. The molecule has 0 aliphatic carbocycles. The molecular formula is C26H34N6O3. The molecule has 1 aliphatic heterocycles. The quantitative estimate of drug-likeness (QED) is 0.569. The Bertz CT molecular complexity index is 1230. The van der Waals surface area contributed by atoms with Crippen molar-refractivity contribution in [2.24, 2.45) is 0 Å². The molecule has 0 radical (unpaired) electrons. The van der Waals surface area contributed by atoms with Crippen molar-refractivity contribution in [3.8, 4) is 11.4 Å². The second-order valence-corrected chi connectivity index (χ2v) is 9.98. The largest absolute Gasteiger partial charge is 0.450 e. The van der Waals surface area contributed by atoms with Crippen LogP contribution in [0, 0.1) is 13.8 Å². The van der Waals surface area contributed by atoms with Crippen LogP contribution in [0.3, 0.4) is 0 Å². The zero-order chi connectivity index (χ0) is 25.3. The molecule has 3 aromatic rings. The minimum Gasteiger partial charge on any atom is -0.450 e. The summed E-state index contributed by atoms with van der Waals surface area (Å²) in [5.74, 6) is 1.15. The number of nitrogens with zero attached hydrogens (tertiary/aromatic N) is 6. The Morgan fingerprint density at radius 2 is 1.60 bits per heavy atom. The average molecular weight is 479 g/mol. The molecule has 2 amide bonds. The van der Waals surface area contributed by atoms with E-state index in [0.29, 0.717) is 44.4 Å². The highest BCUT2D eigenvalue weighted by Crippen LogP contribution is 2.25. The molecule has 0 unspecified atom stereocenters. The zero-order valence-electron chi connectivity index (χ0n) is 21.5. The van der Waals surface area contributed by atoms with Crippen molar-refractivity contribution in [3.05, 3.63) is 46.8 Å². The fourth-order valence-electron chi connectivity index (χ4n) is 4.32. The third-order valence-electron chi connectivity index (χ3n) is 6.54. The van der Waals surface area contributed by atoms with Gasteiger partial charge in [0.15, 0.2) is 5.82 Å². The van der Waals surface area contributed by atoms with Gasteiger partial charge in [0.2, 0.25) is 5.91 Å². The van der Waals surface area contributed by atoms with Gasteiger partial charge in [-0.2, -0.15) is 4.98 Å². The number of amides is 2. The number of hydrogen-bond acceptors (Lipinski definition) is 6. The van der Waals surface area contributed by atoms with Crippen molar-refractivity contribution in [2.45, 2.75) is 53.4 Å². The van der Waals surface area contributed by atoms with Gasteiger partial charge in [0, 0.05) is 48.7 Å². The van der Waals surface area contributed by atoms with Crippen LogP contribution in [-0.2, 0) is 21.4 Å². The van der Waals surface area contributed by atoms with Crippen LogP contribution in [0.4, 0.5) is 4.79 Å². The normalized spacial score (nSPS) is 14.5. The number of hydrogen-bond donors (Lipinski definition) is 0. The average Bonchev–Trinajstić information content (AvgIpc) is 3.25. The van der Waals surface area contributed by atoms with Crippen molar-refractivity contribution >= 4 is 17.8 Å². The molecule has 1 aliphatic rings. The third-order valence-corrected chi connectivity index (χ3v) is 6.54. The smallest absolute Gasteiger partial charge is 0.409 e. The van der Waals surface area contributed by atoms with Crippen molar-refractivity contribution in [1.82, 2.24) is 29.4 Å². The van der Waals surface area contributed by atoms with Crippen molar-refractivity contribution in [2.75, 3.05) is 32.8 Å². The number of carbonyl (C=O) groups is 2. The van der Waals surface area contributed by atoms with Gasteiger partial charge >= 0.3 is 6.09 Å². The van der Waals surface area contributed by atoms with Gasteiger partial charge in [-0.15, -0.1) is 5.10 Å². The number of carbonyl (C=O) groups excluding carboxylic acids is 2. The predicted octanol–water partition coefficient (Wildman–Crippen LogP) is 3.55. The maximum absolute atomic E-state index is 13.1. The number of rotatable bonds is 4. The minimum atomic E-state index is -0.323. The van der Waals surface area contributed by atoms with Crippen LogP contribution >= 0.6 is 0 Å². The summed E-state index contributed by atoms with van der Waals surface area (Å²) in [5, 5.41) is 4.70. The van der Waals surface area contributed by atoms with Crippen LogP contribution in [0.2, 0.25) is 0 Å². The monoisotopic (exact) mass is 478 g/mol. The van der Waals surface area contributed by atoms with E-state index in [1.165, 1.54) is 5.56 Å². The zero-order valence-corrected chi connectivity index (χ0v) is 21.5. The van der Waals surface area contributed by atoms with Crippen LogP contribution < -0.4 is 0 Å². The first-order valence-electron chi connectivity index (χ1n) is 12.1. The number of aryl methyl sites for hydroxylation is 2. The van der Waals surface area contributed by atoms with E-state index in [1.54, 1.807) is 21.2 Å². The lowest BCUT2D eigenvalue weighted by molar-refractivity contribution is -0.132. The molecule has 35 heavy (non-hydrogen) atoms. The summed E-state index contributed by atoms with van der Waals surface area (Å²) >= 11 is 0. The van der Waals surface area contributed by atoms with Crippen molar-refractivity contribution < 1.29 is 14.3 Å². The highest BCUT2D eigenvalue weighted by Gasteiger charge is 2.26. The van der Waals surface area contributed by atoms with E-state index >= 15 is 0 Å². The summed E-state index contributed by atoms with van der Waals surface area (Å²) in [4.78, 5) is 37.7. The van der Waals surface area contributed by atoms with Crippen LogP contribution in [0.15, 0.2) is 24.3 Å². The SMILES string of the molecule is CCOC(=O)N1CCN(C(=O)Cc2c(C)nc3nc(-c4ccc(C(C)(C)C)cc4)nn3c2C)CC1. The van der Waals surface area contributed by atoms with Crippen LogP contribution in [0.1, 0.15) is 50.2 Å². The summed E-state index contributed by atoms with van der Waals surface area (Å²) < 4.78 is 6.78. The fraction of sp³-hybridized carbons (Fsp3) is 0.500. The predicted molar refractivity (Wildman–Crippen MR) is 133 cm³/mol. The lowest BCUT2D eigenvalue weighted by Crippen LogP contribution is -2.51. The van der Waals surface area contributed by atoms with E-state index in [4.69, 9.17) is 9.84 Å². The van der Waals surface area contributed by atoms with E-state index in [0.717, 1.165) is 22.5 Å². The molecule has 0 N–H and O–H groups in total. The van der Waals surface area contributed by atoms with Gasteiger partial charge in [0.1, 0.15) is 0 Å². The van der Waals surface area contributed by atoms with Gasteiger partial charge in [-0.3, -0.25) is 4.79 Å². The van der Waals surface area contributed by atoms with E-state index in [-0.39, 0.29) is 23.8 Å². The molecule has 186 valence electrons. The highest BCUT2D eigenvalue weighted by molar-refractivity contribution is 5.80. The second kappa shape index (κ2) is 9.64. The summed E-state index contributed by atoms with van der Waals surface area (Å²) in [5.41, 5.74) is 4.74. The van der Waals surface area contributed by atoms with E-state index in [2.05, 4.69) is 42.9 Å². The van der Waals surface area contributed by atoms with Gasteiger partial charge in [0.25, 0.3) is 5.78 Å². The first-order chi connectivity index (χ1) is 16.6. The Hall–Kier alpha value is -3.49. The summed E-state index contributed by atoms with van der Waals surface area (Å²) in [6.07, 6.45) is -0.0915. The summed E-state index contributed by atoms with van der Waals surface area (Å²) in [6.45, 7) is 14.5. The van der Waals surface area contributed by atoms with Crippen molar-refractivity contribution in [3.63, 3.8) is 0 Å². The van der Waals surface area contributed by atoms with E-state index in [1.807, 2.05) is 26.0 Å². The maximum atomic E-state index is 13.1. The van der Waals surface area contributed by atoms with E-state index < -0.39 is 0 Å². The molecule has 0 saturated carbocycles. The van der Waals surface area contributed by atoms with Crippen LogP contribution in [0.25, 0.3) is 17.2 Å². The van der Waals surface area contributed by atoms with Gasteiger partial charge in [-0.05, 0) is 31.7 Å². The Morgan fingerprint density at radius 1 is 0.971 bits per heavy atom. The topological polar surface area (TPSA) is 92.9 Å². The molecule has 1 saturated heterocycles. The molecule has 4 rings (SSSR count). The van der Waals surface area contributed by atoms with Gasteiger partial charge in [-0.25, -0.2) is 14.3 Å². The van der Waals surface area contributed by atoms with Gasteiger partial charge in [0.05, 0.1) is 13.0 Å². The lowest BCUT2D eigenvalue weighted by atomic mass is 9.87. The molecule has 9 heteroatoms. The number of aromatic nitrogens is 4. The molecule has 1 fully saturated rings. The standard InChI is InChI=1S/C26H34N6O3/c1-7-35-25(34)31-14-12-30(13-15-31)22(33)16-21-17(2)27-24-28-23(29-32(24)18(21)3)19-8-10-20(11-9-19)26(4,5)6/h8-11H,7,12-16H2,1-6H3. The minimum absolute atomic E-state index is 0.0129. The lowest BCUT2D eigenvalue weighted by Gasteiger charge is -2.34. The number of ether oxygens (including phenoxy) is 1. The Morgan fingerprint density at radius 3 is 2.20 bits per heavy atom. The molecule has 1 aromatic carbocycles. The van der Waals surface area contributed by atoms with Gasteiger partial charge in [-0.1, -0.05) is 45.0 Å². The molecule has 0 bridgehead atoms. The molecule has 0 atom stereocenters. The summed E-state index contributed by atoms with van der Waals surface area (Å²) in [7, 11) is 0. The van der Waals surface area contributed by atoms with Crippen LogP contribution in [0.5, 0.6) is 0 Å². The Kier molecular flexibility index (Phi) is 6.78. The third kappa shape index (κ3) is 5.13. The Labute approximate surface area is 206 Å². The Balaban J connectivity index is 1.51. The highest BCUT2D eigenvalue weighted by atomic mass is 16.6. The maximum Gasteiger partial charge on any atom is 0.409 e. The van der Waals surface area contributed by atoms with E-state index in [9.17, 15) is 9.59 Å². The molecule has 9 nitrogen and oxygen atoms in total. The number of benzene rings is 1. The summed E-state index contributed by atoms with van der Waals surface area (Å²) in [6, 6.07) is 8.30. The molecule has 2 aromatic heterocycles. The second-order valence-electron chi connectivity index (χ2n) is 9.98.